The Labute approximate surface area is 238 Å². The molecule has 222 valence electrons. The maximum absolute atomic E-state index is 14.7. The fourth-order valence-electron chi connectivity index (χ4n) is 4.68. The topological polar surface area (TPSA) is 87.9 Å². The van der Waals surface area contributed by atoms with Crippen LogP contribution in [0.25, 0.3) is 11.3 Å². The number of benzene rings is 2. The number of aromatic carboxylic acids is 1. The number of carbonyl (C=O) groups is 2. The average Bonchev–Trinajstić information content (AvgIpc) is 3.44. The van der Waals surface area contributed by atoms with Gasteiger partial charge in [0.25, 0.3) is 0 Å². The molecule has 0 aliphatic carbocycles. The van der Waals surface area contributed by atoms with Crippen LogP contribution in [0.15, 0.2) is 42.6 Å². The van der Waals surface area contributed by atoms with E-state index in [4.69, 9.17) is 4.74 Å². The van der Waals surface area contributed by atoms with E-state index in [0.717, 1.165) is 11.6 Å². The van der Waals surface area contributed by atoms with Crippen LogP contribution in [-0.2, 0) is 16.8 Å². The number of nitrogens with zero attached hydrogens (tertiary/aromatic N) is 4. The Morgan fingerprint density at radius 2 is 1.85 bits per heavy atom. The summed E-state index contributed by atoms with van der Waals surface area (Å²) in [4.78, 5) is 27.6. The number of halogens is 3. The zero-order chi connectivity index (χ0) is 30.7. The van der Waals surface area contributed by atoms with E-state index in [2.05, 4.69) is 5.10 Å². The van der Waals surface area contributed by atoms with Crippen molar-refractivity contribution in [3.8, 4) is 11.3 Å². The summed E-state index contributed by atoms with van der Waals surface area (Å²) >= 11 is 0. The number of aryl methyl sites for hydroxylation is 1. The zero-order valence-corrected chi connectivity index (χ0v) is 24.5. The average molecular weight is 575 g/mol. The molecule has 1 aromatic heterocycles. The third-order valence-electron chi connectivity index (χ3n) is 6.91. The Kier molecular flexibility index (Phi) is 9.53. The van der Waals surface area contributed by atoms with E-state index in [0.29, 0.717) is 50.2 Å². The highest BCUT2D eigenvalue weighted by Crippen LogP contribution is 2.33. The van der Waals surface area contributed by atoms with Gasteiger partial charge < -0.3 is 14.7 Å². The third-order valence-corrected chi connectivity index (χ3v) is 6.91. The minimum Gasteiger partial charge on any atom is -0.478 e. The van der Waals surface area contributed by atoms with Crippen molar-refractivity contribution in [2.75, 3.05) is 32.2 Å². The number of anilines is 1. The van der Waals surface area contributed by atoms with Crippen molar-refractivity contribution in [2.24, 2.45) is 0 Å². The molecular weight excluding hydrogens is 537 g/mol. The molecule has 1 N–H and O–H groups in total. The fraction of sp³-hybridized carbons (Fsp3) is 0.433. The summed E-state index contributed by atoms with van der Waals surface area (Å²) in [5.41, 5.74) is 1.83. The molecule has 41 heavy (non-hydrogen) atoms. The van der Waals surface area contributed by atoms with Crippen molar-refractivity contribution >= 4 is 17.7 Å². The van der Waals surface area contributed by atoms with Gasteiger partial charge in [-0.1, -0.05) is 0 Å². The Morgan fingerprint density at radius 3 is 2.44 bits per heavy atom. The molecule has 1 fully saturated rings. The van der Waals surface area contributed by atoms with Crippen LogP contribution in [0.4, 0.5) is 23.7 Å². The summed E-state index contributed by atoms with van der Waals surface area (Å²) in [6, 6.07) is 8.12. The summed E-state index contributed by atoms with van der Waals surface area (Å²) in [7, 11) is 2.42. The van der Waals surface area contributed by atoms with Gasteiger partial charge in [0.1, 0.15) is 17.2 Å². The van der Waals surface area contributed by atoms with Gasteiger partial charge in [-0.3, -0.25) is 14.0 Å². The molecule has 3 aromatic rings. The number of carboxylic acids is 1. The summed E-state index contributed by atoms with van der Waals surface area (Å²) in [6.07, 6.45) is 1.94. The standard InChI is InChI=1S/C29H34F2N4O4.CH3F/c1-18-13-19(26(36)37)7-10-24(18)34-17-29(5,39-27(34)38)11-12-33(6)15-20-16-35(28(2,3)4)32-25(20)22-9-8-21(30)14-23(22)31;1-2/h7-10,13-14,16H,11-12,15,17H2,1-6H3,(H,36,37);1H3. The molecule has 4 rings (SSSR count). The van der Waals surface area contributed by atoms with Crippen molar-refractivity contribution in [3.05, 3.63) is 70.9 Å². The molecule has 1 amide bonds. The van der Waals surface area contributed by atoms with Crippen LogP contribution in [0.2, 0.25) is 0 Å². The molecule has 1 saturated heterocycles. The summed E-state index contributed by atoms with van der Waals surface area (Å²) in [5.74, 6) is -2.35. The van der Waals surface area contributed by atoms with Crippen molar-refractivity contribution in [1.82, 2.24) is 14.7 Å². The predicted molar refractivity (Wildman–Crippen MR) is 151 cm³/mol. The Balaban J connectivity index is 0.00000226. The zero-order valence-electron chi connectivity index (χ0n) is 24.5. The van der Waals surface area contributed by atoms with Gasteiger partial charge in [0, 0.05) is 42.9 Å². The molecule has 2 aromatic carbocycles. The maximum Gasteiger partial charge on any atom is 0.415 e. The Bertz CT molecular complexity index is 1420. The lowest BCUT2D eigenvalue weighted by Gasteiger charge is -2.25. The van der Waals surface area contributed by atoms with Crippen LogP contribution in [-0.4, -0.2) is 64.8 Å². The minimum absolute atomic E-state index is 0.155. The van der Waals surface area contributed by atoms with E-state index in [9.17, 15) is 27.9 Å². The van der Waals surface area contributed by atoms with Crippen LogP contribution in [0.3, 0.4) is 0 Å². The lowest BCUT2D eigenvalue weighted by atomic mass is 10.0. The van der Waals surface area contributed by atoms with Gasteiger partial charge in [0.15, 0.2) is 0 Å². The first-order valence-electron chi connectivity index (χ1n) is 13.1. The molecule has 0 spiro atoms. The molecule has 1 unspecified atom stereocenters. The summed E-state index contributed by atoms with van der Waals surface area (Å²) < 4.78 is 45.3. The van der Waals surface area contributed by atoms with Gasteiger partial charge in [-0.15, -0.1) is 0 Å². The molecule has 1 atom stereocenters. The number of aromatic nitrogens is 2. The monoisotopic (exact) mass is 574 g/mol. The maximum atomic E-state index is 14.7. The first-order chi connectivity index (χ1) is 19.2. The van der Waals surface area contributed by atoms with Crippen LogP contribution in [0.1, 0.15) is 55.6 Å². The van der Waals surface area contributed by atoms with E-state index in [-0.39, 0.29) is 16.7 Å². The van der Waals surface area contributed by atoms with Crippen molar-refractivity contribution in [1.29, 1.82) is 0 Å². The summed E-state index contributed by atoms with van der Waals surface area (Å²) in [5, 5.41) is 13.9. The first kappa shape index (κ1) is 31.7. The third kappa shape index (κ3) is 7.27. The second-order valence-electron chi connectivity index (χ2n) is 11.4. The number of hydrogen-bond acceptors (Lipinski definition) is 5. The van der Waals surface area contributed by atoms with E-state index >= 15 is 0 Å². The second-order valence-corrected chi connectivity index (χ2v) is 11.4. The molecule has 0 bridgehead atoms. The van der Waals surface area contributed by atoms with E-state index in [1.807, 2.05) is 45.8 Å². The molecule has 0 saturated carbocycles. The van der Waals surface area contributed by atoms with E-state index < -0.39 is 29.3 Å². The van der Waals surface area contributed by atoms with Gasteiger partial charge in [-0.2, -0.15) is 5.10 Å². The van der Waals surface area contributed by atoms with Crippen molar-refractivity contribution < 1.29 is 32.6 Å². The number of rotatable bonds is 8. The predicted octanol–water partition coefficient (Wildman–Crippen LogP) is 6.41. The number of ether oxygens (including phenoxy) is 1. The Morgan fingerprint density at radius 1 is 1.17 bits per heavy atom. The molecule has 1 aliphatic rings. The Hall–Kier alpha value is -3.86. The highest BCUT2D eigenvalue weighted by Gasteiger charge is 2.42. The number of cyclic esters (lactones) is 1. The lowest BCUT2D eigenvalue weighted by Crippen LogP contribution is -2.35. The van der Waals surface area contributed by atoms with E-state index in [1.165, 1.54) is 29.2 Å². The minimum atomic E-state index is -1.03. The molecule has 0 radical (unpaired) electrons. The van der Waals surface area contributed by atoms with Gasteiger partial charge in [-0.25, -0.2) is 18.4 Å². The molecular formula is C30H37F3N4O4. The van der Waals surface area contributed by atoms with Crippen LogP contribution in [0, 0.1) is 18.6 Å². The van der Waals surface area contributed by atoms with Crippen LogP contribution >= 0.6 is 0 Å². The molecule has 11 heteroatoms. The molecule has 1 aliphatic heterocycles. The van der Waals surface area contributed by atoms with Gasteiger partial charge in [0.05, 0.1) is 36.2 Å². The largest absolute Gasteiger partial charge is 0.478 e. The quantitative estimate of drug-likeness (QED) is 0.334. The van der Waals surface area contributed by atoms with E-state index in [1.54, 1.807) is 17.7 Å². The SMILES string of the molecule is CF.Cc1cc(C(=O)O)ccc1N1CC(C)(CCN(C)Cc2cn(C(C)(C)C)nc2-c2ccc(F)cc2F)OC1=O. The number of carbonyl (C=O) groups excluding carboxylic acids is 1. The number of alkyl halides is 1. The summed E-state index contributed by atoms with van der Waals surface area (Å²) in [6.45, 7) is 11.0. The number of amides is 1. The number of carboxylic acid groups (broad SMARTS) is 1. The van der Waals surface area contributed by atoms with Crippen molar-refractivity contribution in [2.45, 2.75) is 58.7 Å². The lowest BCUT2D eigenvalue weighted by molar-refractivity contribution is 0.0567. The highest BCUT2D eigenvalue weighted by molar-refractivity contribution is 5.93. The number of hydrogen-bond donors (Lipinski definition) is 1. The molecule has 2 heterocycles. The van der Waals surface area contributed by atoms with Crippen LogP contribution in [0.5, 0.6) is 0 Å². The second kappa shape index (κ2) is 12.3. The highest BCUT2D eigenvalue weighted by atomic mass is 19.1. The van der Waals surface area contributed by atoms with Gasteiger partial charge in [0.2, 0.25) is 0 Å². The molecule has 8 nitrogen and oxygen atoms in total. The first-order valence-corrected chi connectivity index (χ1v) is 13.1. The van der Waals surface area contributed by atoms with Crippen molar-refractivity contribution in [3.63, 3.8) is 0 Å². The van der Waals surface area contributed by atoms with Gasteiger partial charge >= 0.3 is 12.1 Å². The van der Waals surface area contributed by atoms with Gasteiger partial charge in [-0.05, 0) is 77.6 Å². The van der Waals surface area contributed by atoms with Crippen LogP contribution < -0.4 is 4.90 Å². The fourth-order valence-corrected chi connectivity index (χ4v) is 4.68. The normalized spacial score (nSPS) is 17.0. The smallest absolute Gasteiger partial charge is 0.415 e.